The number of hydrogen-bond donors (Lipinski definition) is 1. The molecule has 0 saturated heterocycles. The van der Waals surface area contributed by atoms with Crippen molar-refractivity contribution in [2.45, 2.75) is 0 Å². The molecule has 5 aromatic carbocycles. The number of hydrogen-bond acceptors (Lipinski definition) is 1. The monoisotopic (exact) mass is 439 g/mol. The second-order valence-corrected chi connectivity index (χ2v) is 12.3. The Bertz CT molecular complexity index is 1600. The van der Waals surface area contributed by atoms with E-state index in [-0.39, 0.29) is 0 Å². The Balaban J connectivity index is 1.68. The molecule has 0 amide bonds. The SMILES string of the molecule is c1ccc([Si]2(c3ccccc3)c3ccccc3Oc3c2ccc2c3[nH]c3ccccc32)cc1. The zero-order chi connectivity index (χ0) is 21.8. The first-order chi connectivity index (χ1) is 16.4. The first kappa shape index (κ1) is 18.5. The van der Waals surface area contributed by atoms with Gasteiger partial charge in [0, 0.05) is 16.3 Å². The van der Waals surface area contributed by atoms with Crippen LogP contribution in [0.15, 0.2) is 121 Å². The normalized spacial score (nSPS) is 13.9. The first-order valence-electron chi connectivity index (χ1n) is 11.3. The van der Waals surface area contributed by atoms with Crippen LogP contribution in [0.4, 0.5) is 0 Å². The van der Waals surface area contributed by atoms with Crippen molar-refractivity contribution in [3.63, 3.8) is 0 Å². The minimum absolute atomic E-state index is 0.954. The van der Waals surface area contributed by atoms with E-state index in [4.69, 9.17) is 4.74 Å². The van der Waals surface area contributed by atoms with Gasteiger partial charge in [-0.2, -0.15) is 0 Å². The van der Waals surface area contributed by atoms with E-state index in [1.54, 1.807) is 0 Å². The van der Waals surface area contributed by atoms with Gasteiger partial charge < -0.3 is 9.72 Å². The van der Waals surface area contributed by atoms with Crippen LogP contribution in [0.5, 0.6) is 11.5 Å². The van der Waals surface area contributed by atoms with Gasteiger partial charge in [0.1, 0.15) is 5.75 Å². The molecule has 1 aliphatic rings. The summed E-state index contributed by atoms with van der Waals surface area (Å²) in [6.45, 7) is 0. The molecule has 2 nitrogen and oxygen atoms in total. The second kappa shape index (κ2) is 6.96. The highest BCUT2D eigenvalue weighted by Gasteiger charge is 2.48. The van der Waals surface area contributed by atoms with E-state index >= 15 is 0 Å². The zero-order valence-corrected chi connectivity index (χ0v) is 19.0. The van der Waals surface area contributed by atoms with Gasteiger partial charge in [0.05, 0.1) is 5.52 Å². The van der Waals surface area contributed by atoms with Crippen LogP contribution >= 0.6 is 0 Å². The van der Waals surface area contributed by atoms with E-state index < -0.39 is 8.07 Å². The quantitative estimate of drug-likeness (QED) is 0.385. The van der Waals surface area contributed by atoms with Gasteiger partial charge in [0.2, 0.25) is 0 Å². The number of rotatable bonds is 2. The first-order valence-corrected chi connectivity index (χ1v) is 13.3. The van der Waals surface area contributed by atoms with Gasteiger partial charge in [-0.1, -0.05) is 109 Å². The molecule has 33 heavy (non-hydrogen) atoms. The lowest BCUT2D eigenvalue weighted by Crippen LogP contribution is -2.76. The lowest BCUT2D eigenvalue weighted by molar-refractivity contribution is 0.492. The number of fused-ring (bicyclic) bond motifs is 6. The van der Waals surface area contributed by atoms with Crippen LogP contribution in [0, 0.1) is 0 Å². The number of aromatic amines is 1. The smallest absolute Gasteiger partial charge is 0.188 e. The molecule has 6 aromatic rings. The molecule has 0 aliphatic carbocycles. The van der Waals surface area contributed by atoms with Crippen molar-refractivity contribution in [2.75, 3.05) is 0 Å². The molecular weight excluding hydrogens is 418 g/mol. The molecule has 156 valence electrons. The van der Waals surface area contributed by atoms with Gasteiger partial charge in [0.15, 0.2) is 13.8 Å². The van der Waals surface area contributed by atoms with Crippen LogP contribution in [0.2, 0.25) is 0 Å². The van der Waals surface area contributed by atoms with Gasteiger partial charge in [-0.3, -0.25) is 0 Å². The van der Waals surface area contributed by atoms with E-state index in [0.29, 0.717) is 0 Å². The van der Waals surface area contributed by atoms with Crippen LogP contribution in [-0.2, 0) is 0 Å². The van der Waals surface area contributed by atoms with Gasteiger partial charge in [-0.05, 0) is 32.9 Å². The molecule has 7 rings (SSSR count). The molecule has 0 saturated carbocycles. The van der Waals surface area contributed by atoms with Crippen molar-refractivity contribution in [3.8, 4) is 11.5 Å². The van der Waals surface area contributed by atoms with Crippen molar-refractivity contribution in [1.29, 1.82) is 0 Å². The summed E-state index contributed by atoms with van der Waals surface area (Å²) in [6, 6.07) is 43.7. The molecule has 0 atom stereocenters. The summed E-state index contributed by atoms with van der Waals surface area (Å²) < 4.78 is 6.72. The van der Waals surface area contributed by atoms with Gasteiger partial charge in [-0.25, -0.2) is 0 Å². The summed E-state index contributed by atoms with van der Waals surface area (Å²) in [5, 5.41) is 7.74. The van der Waals surface area contributed by atoms with E-state index in [1.165, 1.54) is 31.5 Å². The van der Waals surface area contributed by atoms with Crippen molar-refractivity contribution in [2.24, 2.45) is 0 Å². The molecule has 0 radical (unpaired) electrons. The van der Waals surface area contributed by atoms with Crippen molar-refractivity contribution >= 4 is 50.6 Å². The van der Waals surface area contributed by atoms with Crippen LogP contribution in [-0.4, -0.2) is 13.1 Å². The number of ether oxygens (including phenoxy) is 1. The zero-order valence-electron chi connectivity index (χ0n) is 18.0. The summed E-state index contributed by atoms with van der Waals surface area (Å²) in [5.41, 5.74) is 2.21. The standard InChI is InChI=1S/C30H21NOSi/c1-3-11-21(12-4-1)33(22-13-5-2-6-14-22)27-18-10-9-17-26(27)32-30-28(33)20-19-24-23-15-7-8-16-25(23)31-29(24)30/h1-20,31H. The molecule has 3 heteroatoms. The fourth-order valence-corrected chi connectivity index (χ4v) is 10.5. The number of benzene rings is 5. The second-order valence-electron chi connectivity index (χ2n) is 8.62. The Kier molecular flexibility index (Phi) is 3.90. The number of para-hydroxylation sites is 2. The van der Waals surface area contributed by atoms with Crippen LogP contribution in [0.25, 0.3) is 21.8 Å². The Hall–Kier alpha value is -4.08. The maximum atomic E-state index is 6.72. The third kappa shape index (κ3) is 2.48. The molecule has 0 bridgehead atoms. The maximum absolute atomic E-state index is 6.72. The summed E-state index contributed by atoms with van der Waals surface area (Å²) in [6.07, 6.45) is 0. The van der Waals surface area contributed by atoms with Crippen LogP contribution < -0.4 is 25.5 Å². The van der Waals surface area contributed by atoms with Crippen molar-refractivity contribution < 1.29 is 4.74 Å². The van der Waals surface area contributed by atoms with Gasteiger partial charge >= 0.3 is 0 Å². The largest absolute Gasteiger partial charge is 0.455 e. The van der Waals surface area contributed by atoms with Crippen molar-refractivity contribution in [3.05, 3.63) is 121 Å². The molecule has 0 unspecified atom stereocenters. The van der Waals surface area contributed by atoms with Crippen LogP contribution in [0.1, 0.15) is 0 Å². The van der Waals surface area contributed by atoms with Gasteiger partial charge in [0.25, 0.3) is 0 Å². The summed E-state index contributed by atoms with van der Waals surface area (Å²) in [5.74, 6) is 1.91. The summed E-state index contributed by atoms with van der Waals surface area (Å²) in [4.78, 5) is 3.67. The third-order valence-corrected chi connectivity index (χ3v) is 11.8. The Morgan fingerprint density at radius 2 is 1.15 bits per heavy atom. The number of nitrogens with one attached hydrogen (secondary N) is 1. The van der Waals surface area contributed by atoms with E-state index in [0.717, 1.165) is 22.5 Å². The average molecular weight is 440 g/mol. The fourth-order valence-electron chi connectivity index (χ4n) is 5.58. The van der Waals surface area contributed by atoms with Gasteiger partial charge in [-0.15, -0.1) is 0 Å². The average Bonchev–Trinajstić information content (AvgIpc) is 3.28. The Morgan fingerprint density at radius 1 is 0.515 bits per heavy atom. The number of H-pyrrole nitrogens is 1. The molecule has 1 aromatic heterocycles. The van der Waals surface area contributed by atoms with Crippen molar-refractivity contribution in [1.82, 2.24) is 4.98 Å². The Morgan fingerprint density at radius 3 is 1.91 bits per heavy atom. The van der Waals surface area contributed by atoms with E-state index in [2.05, 4.69) is 126 Å². The highest BCUT2D eigenvalue weighted by Crippen LogP contribution is 2.37. The maximum Gasteiger partial charge on any atom is 0.188 e. The Labute approximate surface area is 193 Å². The molecule has 0 spiro atoms. The van der Waals surface area contributed by atoms with E-state index in [9.17, 15) is 0 Å². The highest BCUT2D eigenvalue weighted by atomic mass is 28.3. The lowest BCUT2D eigenvalue weighted by atomic mass is 10.1. The molecular formula is C30H21NOSi. The highest BCUT2D eigenvalue weighted by molar-refractivity contribution is 7.20. The molecule has 1 N–H and O–H groups in total. The minimum Gasteiger partial charge on any atom is -0.455 e. The fraction of sp³-hybridized carbons (Fsp3) is 0. The molecule has 0 fully saturated rings. The van der Waals surface area contributed by atoms with Crippen LogP contribution in [0.3, 0.4) is 0 Å². The summed E-state index contributed by atoms with van der Waals surface area (Å²) >= 11 is 0. The van der Waals surface area contributed by atoms with E-state index in [1.807, 2.05) is 0 Å². The molecule has 2 heterocycles. The topological polar surface area (TPSA) is 25.0 Å². The molecule has 1 aliphatic heterocycles. The predicted octanol–water partition coefficient (Wildman–Crippen LogP) is 4.80. The predicted molar refractivity (Wildman–Crippen MR) is 139 cm³/mol. The number of aromatic nitrogens is 1. The minimum atomic E-state index is -2.59. The summed E-state index contributed by atoms with van der Waals surface area (Å²) in [7, 11) is -2.59. The third-order valence-electron chi connectivity index (χ3n) is 6.96. The lowest BCUT2D eigenvalue weighted by Gasteiger charge is -2.39.